The number of hydrogen-bond acceptors (Lipinski definition) is 3. The van der Waals surface area contributed by atoms with Crippen LogP contribution < -0.4 is 10.2 Å². The topological polar surface area (TPSA) is 49.4 Å². The molecule has 1 N–H and O–H groups in total. The number of carbonyl (C=O) groups excluding carboxylic acids is 2. The summed E-state index contributed by atoms with van der Waals surface area (Å²) >= 11 is 16.6. The van der Waals surface area contributed by atoms with E-state index < -0.39 is 39.6 Å². The second-order valence-electron chi connectivity index (χ2n) is 5.19. The first kappa shape index (κ1) is 18.4. The number of amides is 2. The first-order chi connectivity index (χ1) is 12.3. The van der Waals surface area contributed by atoms with Crippen LogP contribution in [0.2, 0.25) is 10.0 Å². The number of benzene rings is 2. The van der Waals surface area contributed by atoms with E-state index >= 15 is 0 Å². The Balaban J connectivity index is 2.09. The fraction of sp³-hybridized carbons (Fsp3) is 0. The highest BCUT2D eigenvalue weighted by atomic mass is 35.5. The van der Waals surface area contributed by atoms with Gasteiger partial charge in [-0.2, -0.15) is 0 Å². The second kappa shape index (κ2) is 7.11. The van der Waals surface area contributed by atoms with E-state index in [0.29, 0.717) is 10.7 Å². The predicted octanol–water partition coefficient (Wildman–Crippen LogP) is 4.10. The molecular weight excluding hydrogens is 405 g/mol. The maximum Gasteiger partial charge on any atom is 0.270 e. The van der Waals surface area contributed by atoms with E-state index in [9.17, 15) is 18.4 Å². The van der Waals surface area contributed by atoms with E-state index in [1.165, 1.54) is 24.3 Å². The number of thiocarbonyl (C=S) groups is 1. The summed E-state index contributed by atoms with van der Waals surface area (Å²) in [5.41, 5.74) is -0.505. The highest BCUT2D eigenvalue weighted by Gasteiger charge is 2.35. The summed E-state index contributed by atoms with van der Waals surface area (Å²) in [7, 11) is 0. The van der Waals surface area contributed by atoms with Crippen molar-refractivity contribution in [3.63, 3.8) is 0 Å². The minimum absolute atomic E-state index is 0.148. The second-order valence-corrected chi connectivity index (χ2v) is 6.39. The van der Waals surface area contributed by atoms with Gasteiger partial charge in [-0.15, -0.1) is 0 Å². The van der Waals surface area contributed by atoms with Crippen molar-refractivity contribution in [2.45, 2.75) is 0 Å². The molecule has 1 saturated heterocycles. The number of rotatable bonds is 2. The predicted molar refractivity (Wildman–Crippen MR) is 99.0 cm³/mol. The zero-order valence-electron chi connectivity index (χ0n) is 12.7. The van der Waals surface area contributed by atoms with Crippen molar-refractivity contribution < 1.29 is 18.4 Å². The lowest BCUT2D eigenvalue weighted by Crippen LogP contribution is -2.54. The fourth-order valence-corrected chi connectivity index (χ4v) is 2.92. The van der Waals surface area contributed by atoms with Gasteiger partial charge in [-0.25, -0.2) is 8.78 Å². The largest absolute Gasteiger partial charge is 0.298 e. The van der Waals surface area contributed by atoms with Gasteiger partial charge in [0.15, 0.2) is 5.11 Å². The van der Waals surface area contributed by atoms with Gasteiger partial charge in [-0.3, -0.25) is 19.8 Å². The van der Waals surface area contributed by atoms with Crippen LogP contribution in [0.3, 0.4) is 0 Å². The summed E-state index contributed by atoms with van der Waals surface area (Å²) in [6, 6.07) is 7.82. The van der Waals surface area contributed by atoms with Crippen LogP contribution in [0.15, 0.2) is 42.0 Å². The van der Waals surface area contributed by atoms with Gasteiger partial charge in [-0.1, -0.05) is 23.2 Å². The smallest absolute Gasteiger partial charge is 0.270 e. The van der Waals surface area contributed by atoms with Gasteiger partial charge < -0.3 is 0 Å². The van der Waals surface area contributed by atoms with Gasteiger partial charge in [0.05, 0.1) is 10.7 Å². The number of hydrogen-bond donors (Lipinski definition) is 1. The quantitative estimate of drug-likeness (QED) is 0.349. The molecule has 0 saturated carbocycles. The van der Waals surface area contributed by atoms with Crippen molar-refractivity contribution in [3.8, 4) is 0 Å². The summed E-state index contributed by atoms with van der Waals surface area (Å²) in [6.07, 6.45) is 0.892. The van der Waals surface area contributed by atoms with Crippen LogP contribution in [0.1, 0.15) is 5.56 Å². The summed E-state index contributed by atoms with van der Waals surface area (Å²) in [5.74, 6) is -3.41. The van der Waals surface area contributed by atoms with Crippen LogP contribution in [0.25, 0.3) is 6.08 Å². The first-order valence-corrected chi connectivity index (χ1v) is 8.26. The van der Waals surface area contributed by atoms with Crippen molar-refractivity contribution in [3.05, 3.63) is 69.2 Å². The molecule has 0 bridgehead atoms. The molecule has 0 spiro atoms. The average molecular weight is 413 g/mol. The molecule has 26 heavy (non-hydrogen) atoms. The number of halogens is 4. The molecule has 0 atom stereocenters. The molecule has 3 rings (SSSR count). The van der Waals surface area contributed by atoms with Crippen molar-refractivity contribution in [2.24, 2.45) is 0 Å². The third kappa shape index (κ3) is 3.33. The SMILES string of the molecule is O=C1NC(=S)N(c2ccc(Cl)cc2)C(=O)C1=Cc1c(F)ccc(F)c1Cl. The summed E-state index contributed by atoms with van der Waals surface area (Å²) < 4.78 is 27.6. The number of carbonyl (C=O) groups is 2. The van der Waals surface area contributed by atoms with Crippen LogP contribution in [-0.2, 0) is 9.59 Å². The fourth-order valence-electron chi connectivity index (χ4n) is 2.30. The van der Waals surface area contributed by atoms with Gasteiger partial charge in [-0.05, 0) is 54.7 Å². The lowest BCUT2D eigenvalue weighted by molar-refractivity contribution is -0.122. The molecule has 0 aromatic heterocycles. The minimum atomic E-state index is -0.881. The monoisotopic (exact) mass is 412 g/mol. The molecule has 132 valence electrons. The minimum Gasteiger partial charge on any atom is -0.298 e. The Kier molecular flexibility index (Phi) is 5.04. The average Bonchev–Trinajstić information content (AvgIpc) is 2.59. The van der Waals surface area contributed by atoms with E-state index in [-0.39, 0.29) is 5.11 Å². The van der Waals surface area contributed by atoms with E-state index in [1.807, 2.05) is 0 Å². The van der Waals surface area contributed by atoms with Gasteiger partial charge in [0, 0.05) is 10.6 Å². The summed E-state index contributed by atoms with van der Waals surface area (Å²) in [6.45, 7) is 0. The molecule has 2 amide bonds. The van der Waals surface area contributed by atoms with Crippen molar-refractivity contribution in [2.75, 3.05) is 4.90 Å². The molecule has 4 nitrogen and oxygen atoms in total. The van der Waals surface area contributed by atoms with Gasteiger partial charge >= 0.3 is 0 Å². The maximum atomic E-state index is 14.0. The molecule has 2 aromatic rings. The Bertz CT molecular complexity index is 977. The lowest BCUT2D eigenvalue weighted by atomic mass is 10.1. The van der Waals surface area contributed by atoms with Crippen molar-refractivity contribution in [1.82, 2.24) is 5.32 Å². The first-order valence-electron chi connectivity index (χ1n) is 7.10. The van der Waals surface area contributed by atoms with Crippen LogP contribution >= 0.6 is 35.4 Å². The van der Waals surface area contributed by atoms with Crippen molar-refractivity contribution >= 4 is 64.1 Å². The Hall–Kier alpha value is -2.35. The Morgan fingerprint density at radius 2 is 1.62 bits per heavy atom. The van der Waals surface area contributed by atoms with E-state index in [4.69, 9.17) is 35.4 Å². The van der Waals surface area contributed by atoms with Crippen LogP contribution in [0.4, 0.5) is 14.5 Å². The third-order valence-corrected chi connectivity index (χ3v) is 4.48. The van der Waals surface area contributed by atoms with Gasteiger partial charge in [0.2, 0.25) is 0 Å². The van der Waals surface area contributed by atoms with E-state index in [2.05, 4.69) is 5.32 Å². The molecule has 0 radical (unpaired) electrons. The van der Waals surface area contributed by atoms with Crippen LogP contribution in [-0.4, -0.2) is 16.9 Å². The molecule has 0 unspecified atom stereocenters. The molecule has 1 heterocycles. The standard InChI is InChI=1S/C17H8Cl2F2N2O2S/c18-8-1-3-9(4-2-8)23-16(25)11(15(24)22-17(23)26)7-10-12(20)5-6-13(21)14(10)19/h1-7H,(H,22,24,26). The highest BCUT2D eigenvalue weighted by molar-refractivity contribution is 7.80. The zero-order chi connectivity index (χ0) is 19.0. The number of nitrogens with one attached hydrogen (secondary N) is 1. The molecule has 1 aliphatic rings. The third-order valence-electron chi connectivity index (χ3n) is 3.55. The van der Waals surface area contributed by atoms with Crippen LogP contribution in [0.5, 0.6) is 0 Å². The Morgan fingerprint density at radius 3 is 2.27 bits per heavy atom. The normalized spacial score (nSPS) is 16.2. The Morgan fingerprint density at radius 1 is 1.00 bits per heavy atom. The Labute approximate surface area is 162 Å². The zero-order valence-corrected chi connectivity index (χ0v) is 15.1. The summed E-state index contributed by atoms with van der Waals surface area (Å²) in [4.78, 5) is 26.0. The number of anilines is 1. The van der Waals surface area contributed by atoms with E-state index in [1.54, 1.807) is 0 Å². The molecule has 0 aliphatic carbocycles. The molecular formula is C17H8Cl2F2N2O2S. The van der Waals surface area contributed by atoms with Gasteiger partial charge in [0.25, 0.3) is 11.8 Å². The van der Waals surface area contributed by atoms with Crippen molar-refractivity contribution in [1.29, 1.82) is 0 Å². The molecule has 1 aliphatic heterocycles. The number of nitrogens with zero attached hydrogens (tertiary/aromatic N) is 1. The highest BCUT2D eigenvalue weighted by Crippen LogP contribution is 2.28. The molecule has 2 aromatic carbocycles. The van der Waals surface area contributed by atoms with Gasteiger partial charge in [0.1, 0.15) is 17.2 Å². The van der Waals surface area contributed by atoms with E-state index in [0.717, 1.165) is 23.1 Å². The lowest BCUT2D eigenvalue weighted by Gasteiger charge is -2.29. The summed E-state index contributed by atoms with van der Waals surface area (Å²) in [5, 5.41) is 2.09. The molecule has 9 heteroatoms. The molecule has 1 fully saturated rings. The van der Waals surface area contributed by atoms with Crippen LogP contribution in [0, 0.1) is 11.6 Å². The maximum absolute atomic E-state index is 14.0.